The van der Waals surface area contributed by atoms with Crippen LogP contribution in [0, 0.1) is 0 Å². The first-order chi connectivity index (χ1) is 6.27. The van der Waals surface area contributed by atoms with Gasteiger partial charge >= 0.3 is 0 Å². The molecular formula is C9H24N4. The van der Waals surface area contributed by atoms with E-state index in [1.807, 2.05) is 0 Å². The Morgan fingerprint density at radius 2 is 1.62 bits per heavy atom. The molecule has 4 nitrogen and oxygen atoms in total. The minimum Gasteiger partial charge on any atom is -0.330 e. The molecule has 0 aliphatic heterocycles. The molecule has 0 saturated carbocycles. The first kappa shape index (κ1) is 12.8. The van der Waals surface area contributed by atoms with Gasteiger partial charge in [0.25, 0.3) is 0 Å². The molecule has 0 aromatic rings. The van der Waals surface area contributed by atoms with Gasteiger partial charge in [-0.25, -0.2) is 0 Å². The molecule has 0 aliphatic carbocycles. The second-order valence-corrected chi connectivity index (χ2v) is 3.41. The topological polar surface area (TPSA) is 90.1 Å². The lowest BCUT2D eigenvalue weighted by atomic mass is 10.2. The molecule has 0 bridgehead atoms. The van der Waals surface area contributed by atoms with E-state index in [-0.39, 0.29) is 6.17 Å². The lowest BCUT2D eigenvalue weighted by Crippen LogP contribution is -2.34. The summed E-state index contributed by atoms with van der Waals surface area (Å²) in [6.45, 7) is 2.81. The molecule has 0 atom stereocenters. The average molecular weight is 188 g/mol. The summed E-state index contributed by atoms with van der Waals surface area (Å²) in [5.74, 6) is 0. The molecule has 80 valence electrons. The Balaban J connectivity index is 2.84. The Kier molecular flexibility index (Phi) is 9.80. The molecule has 0 fully saturated rings. The van der Waals surface area contributed by atoms with Gasteiger partial charge in [0, 0.05) is 0 Å². The summed E-state index contributed by atoms with van der Waals surface area (Å²) in [6, 6.07) is 0. The average Bonchev–Trinajstić information content (AvgIpc) is 2.09. The Hall–Kier alpha value is -0.160. The summed E-state index contributed by atoms with van der Waals surface area (Å²) in [6.07, 6.45) is 5.55. The summed E-state index contributed by atoms with van der Waals surface area (Å²) in [5, 5.41) is 3.30. The van der Waals surface area contributed by atoms with Crippen LogP contribution in [0.1, 0.15) is 32.1 Å². The molecule has 0 amide bonds. The standard InChI is InChI=1S/C9H24N4/c10-6-3-1-2-4-7-13-8-5-9(11)12/h9,13H,1-8,10-12H2. The van der Waals surface area contributed by atoms with E-state index < -0.39 is 0 Å². The number of nitrogens with one attached hydrogen (secondary N) is 1. The fourth-order valence-corrected chi connectivity index (χ4v) is 1.14. The van der Waals surface area contributed by atoms with Gasteiger partial charge in [0.05, 0.1) is 6.17 Å². The minimum absolute atomic E-state index is 0.176. The summed E-state index contributed by atoms with van der Waals surface area (Å²) in [7, 11) is 0. The molecule has 7 N–H and O–H groups in total. The van der Waals surface area contributed by atoms with Gasteiger partial charge in [-0.2, -0.15) is 0 Å². The van der Waals surface area contributed by atoms with Crippen molar-refractivity contribution >= 4 is 0 Å². The fraction of sp³-hybridized carbons (Fsp3) is 1.00. The number of nitrogens with two attached hydrogens (primary N) is 3. The molecule has 0 unspecified atom stereocenters. The van der Waals surface area contributed by atoms with Crippen LogP contribution in [0.25, 0.3) is 0 Å². The van der Waals surface area contributed by atoms with Crippen LogP contribution in [0.15, 0.2) is 0 Å². The number of hydrogen-bond donors (Lipinski definition) is 4. The van der Waals surface area contributed by atoms with Crippen LogP contribution in [0.3, 0.4) is 0 Å². The normalized spacial score (nSPS) is 11.1. The lowest BCUT2D eigenvalue weighted by Gasteiger charge is -2.06. The molecule has 0 radical (unpaired) electrons. The van der Waals surface area contributed by atoms with Crippen LogP contribution >= 0.6 is 0 Å². The van der Waals surface area contributed by atoms with Crippen molar-refractivity contribution in [1.82, 2.24) is 5.32 Å². The maximum absolute atomic E-state index is 5.40. The van der Waals surface area contributed by atoms with Crippen molar-refractivity contribution in [3.05, 3.63) is 0 Å². The fourth-order valence-electron chi connectivity index (χ4n) is 1.14. The molecule has 0 saturated heterocycles. The highest BCUT2D eigenvalue weighted by Crippen LogP contribution is 1.96. The third-order valence-electron chi connectivity index (χ3n) is 1.96. The van der Waals surface area contributed by atoms with Crippen molar-refractivity contribution in [2.75, 3.05) is 19.6 Å². The first-order valence-electron chi connectivity index (χ1n) is 5.19. The van der Waals surface area contributed by atoms with E-state index in [1.54, 1.807) is 0 Å². The Bertz CT molecular complexity index is 95.6. The third-order valence-corrected chi connectivity index (χ3v) is 1.96. The highest BCUT2D eigenvalue weighted by molar-refractivity contribution is 4.55. The first-order valence-corrected chi connectivity index (χ1v) is 5.19. The molecule has 13 heavy (non-hydrogen) atoms. The third kappa shape index (κ3) is 11.8. The summed E-state index contributed by atoms with van der Waals surface area (Å²) in [5.41, 5.74) is 16.2. The van der Waals surface area contributed by atoms with Crippen molar-refractivity contribution in [2.24, 2.45) is 17.2 Å². The van der Waals surface area contributed by atoms with E-state index in [2.05, 4.69) is 5.32 Å². The minimum atomic E-state index is -0.176. The zero-order chi connectivity index (χ0) is 9.94. The molecular weight excluding hydrogens is 164 g/mol. The van der Waals surface area contributed by atoms with E-state index in [0.717, 1.165) is 32.5 Å². The van der Waals surface area contributed by atoms with Crippen molar-refractivity contribution in [1.29, 1.82) is 0 Å². The van der Waals surface area contributed by atoms with Gasteiger partial charge in [0.15, 0.2) is 0 Å². The van der Waals surface area contributed by atoms with Crippen LogP contribution < -0.4 is 22.5 Å². The predicted octanol–water partition coefficient (Wildman–Crippen LogP) is -0.271. The van der Waals surface area contributed by atoms with Gasteiger partial charge in [-0.1, -0.05) is 12.8 Å². The van der Waals surface area contributed by atoms with Gasteiger partial charge in [0.1, 0.15) is 0 Å². The Labute approximate surface area is 81.2 Å². The molecule has 0 heterocycles. The van der Waals surface area contributed by atoms with Crippen LogP contribution in [0.2, 0.25) is 0 Å². The number of hydrogen-bond acceptors (Lipinski definition) is 4. The maximum Gasteiger partial charge on any atom is 0.0533 e. The van der Waals surface area contributed by atoms with E-state index >= 15 is 0 Å². The highest BCUT2D eigenvalue weighted by Gasteiger charge is 1.93. The Morgan fingerprint density at radius 3 is 2.23 bits per heavy atom. The predicted molar refractivity (Wildman–Crippen MR) is 57.2 cm³/mol. The molecule has 4 heteroatoms. The summed E-state index contributed by atoms with van der Waals surface area (Å²) in [4.78, 5) is 0. The van der Waals surface area contributed by atoms with Crippen LogP contribution in [-0.4, -0.2) is 25.8 Å². The zero-order valence-electron chi connectivity index (χ0n) is 8.47. The smallest absolute Gasteiger partial charge is 0.0533 e. The molecule has 0 spiro atoms. The van der Waals surface area contributed by atoms with Gasteiger partial charge < -0.3 is 22.5 Å². The van der Waals surface area contributed by atoms with E-state index in [4.69, 9.17) is 17.2 Å². The quantitative estimate of drug-likeness (QED) is 0.296. The van der Waals surface area contributed by atoms with E-state index in [1.165, 1.54) is 19.3 Å². The van der Waals surface area contributed by atoms with Gasteiger partial charge in [-0.15, -0.1) is 0 Å². The van der Waals surface area contributed by atoms with Crippen molar-refractivity contribution in [3.8, 4) is 0 Å². The summed E-state index contributed by atoms with van der Waals surface area (Å²) < 4.78 is 0. The van der Waals surface area contributed by atoms with Gasteiger partial charge in [-0.05, 0) is 38.9 Å². The van der Waals surface area contributed by atoms with Crippen molar-refractivity contribution < 1.29 is 0 Å². The molecule has 0 aromatic carbocycles. The number of rotatable bonds is 9. The van der Waals surface area contributed by atoms with Crippen LogP contribution in [-0.2, 0) is 0 Å². The molecule has 0 aromatic heterocycles. The lowest BCUT2D eigenvalue weighted by molar-refractivity contribution is 0.547. The Morgan fingerprint density at radius 1 is 0.923 bits per heavy atom. The summed E-state index contributed by atoms with van der Waals surface area (Å²) >= 11 is 0. The molecule has 0 rings (SSSR count). The van der Waals surface area contributed by atoms with E-state index in [9.17, 15) is 0 Å². The second-order valence-electron chi connectivity index (χ2n) is 3.41. The van der Waals surface area contributed by atoms with E-state index in [0.29, 0.717) is 0 Å². The SMILES string of the molecule is NCCCCCCNCCC(N)N. The monoisotopic (exact) mass is 188 g/mol. The van der Waals surface area contributed by atoms with Crippen LogP contribution in [0.4, 0.5) is 0 Å². The van der Waals surface area contributed by atoms with Gasteiger partial charge in [-0.3, -0.25) is 0 Å². The highest BCUT2D eigenvalue weighted by atomic mass is 14.9. The largest absolute Gasteiger partial charge is 0.330 e. The number of unbranched alkanes of at least 4 members (excludes halogenated alkanes) is 3. The maximum atomic E-state index is 5.40. The van der Waals surface area contributed by atoms with Crippen molar-refractivity contribution in [2.45, 2.75) is 38.3 Å². The van der Waals surface area contributed by atoms with Gasteiger partial charge in [0.2, 0.25) is 0 Å². The second kappa shape index (κ2) is 9.92. The van der Waals surface area contributed by atoms with Crippen molar-refractivity contribution in [3.63, 3.8) is 0 Å². The zero-order valence-corrected chi connectivity index (χ0v) is 8.47. The molecule has 0 aliphatic rings. The van der Waals surface area contributed by atoms with Crippen LogP contribution in [0.5, 0.6) is 0 Å².